The number of amides is 1. The molecule has 11 heavy (non-hydrogen) atoms. The van der Waals surface area contributed by atoms with Gasteiger partial charge in [-0.15, -0.1) is 0 Å². The van der Waals surface area contributed by atoms with Crippen LogP contribution in [0, 0.1) is 0 Å². The van der Waals surface area contributed by atoms with Crippen LogP contribution in [0.4, 0.5) is 0 Å². The van der Waals surface area contributed by atoms with E-state index in [1.807, 2.05) is 0 Å². The van der Waals surface area contributed by atoms with Crippen LogP contribution in [0.25, 0.3) is 0 Å². The van der Waals surface area contributed by atoms with Crippen molar-refractivity contribution in [2.45, 2.75) is 18.9 Å². The first-order chi connectivity index (χ1) is 5.16. The van der Waals surface area contributed by atoms with Crippen LogP contribution in [-0.4, -0.2) is 35.6 Å². The maximum Gasteiger partial charge on any atom is 0.251 e. The summed E-state index contributed by atoms with van der Waals surface area (Å²) in [6.07, 6.45) is 2.17. The number of hydrogen-bond acceptors (Lipinski definition) is 2. The summed E-state index contributed by atoms with van der Waals surface area (Å²) in [4.78, 5) is 12.9. The van der Waals surface area contributed by atoms with Crippen molar-refractivity contribution in [1.82, 2.24) is 4.90 Å². The summed E-state index contributed by atoms with van der Waals surface area (Å²) >= 11 is 0. The summed E-state index contributed by atoms with van der Waals surface area (Å²) in [7, 11) is 1.75. The molecule has 0 radical (unpaired) electrons. The van der Waals surface area contributed by atoms with Gasteiger partial charge < -0.3 is 10.0 Å². The third-order valence-electron chi connectivity index (χ3n) is 1.91. The van der Waals surface area contributed by atoms with Crippen molar-refractivity contribution in [2.24, 2.45) is 0 Å². The van der Waals surface area contributed by atoms with Crippen LogP contribution in [0.15, 0.2) is 12.2 Å². The van der Waals surface area contributed by atoms with Crippen molar-refractivity contribution in [3.8, 4) is 0 Å². The van der Waals surface area contributed by atoms with Gasteiger partial charge in [0.25, 0.3) is 5.91 Å². The molecule has 0 aromatic carbocycles. The molecule has 1 N–H and O–H groups in total. The summed E-state index contributed by atoms with van der Waals surface area (Å²) in [5, 5.41) is 8.61. The lowest BCUT2D eigenvalue weighted by Crippen LogP contribution is -2.30. The quantitative estimate of drug-likeness (QED) is 0.589. The number of aliphatic hydroxyl groups excluding tert-OH is 1. The third kappa shape index (κ3) is 1.80. The fourth-order valence-electron chi connectivity index (χ4n) is 0.945. The minimum Gasteiger partial charge on any atom is -0.391 e. The highest BCUT2D eigenvalue weighted by Gasteiger charge is 2.30. The number of hydrogen-bond donors (Lipinski definition) is 1. The second-order valence-electron chi connectivity index (χ2n) is 2.91. The van der Waals surface area contributed by atoms with Gasteiger partial charge in [-0.1, -0.05) is 6.58 Å². The molecule has 1 amide bonds. The maximum absolute atomic E-state index is 11.2. The Hall–Kier alpha value is -0.830. The molecule has 0 saturated heterocycles. The minimum absolute atomic E-state index is 0.130. The van der Waals surface area contributed by atoms with Crippen LogP contribution >= 0.6 is 0 Å². The van der Waals surface area contributed by atoms with Crippen molar-refractivity contribution < 1.29 is 9.90 Å². The Morgan fingerprint density at radius 3 is 2.64 bits per heavy atom. The fraction of sp³-hybridized carbons (Fsp3) is 0.625. The SMILES string of the molecule is C=C(CO)C(=O)N(C)C1CC1. The molecule has 1 aliphatic rings. The molecule has 3 nitrogen and oxygen atoms in total. The van der Waals surface area contributed by atoms with E-state index < -0.39 is 0 Å². The van der Waals surface area contributed by atoms with Gasteiger partial charge in [-0.05, 0) is 12.8 Å². The summed E-state index contributed by atoms with van der Waals surface area (Å²) < 4.78 is 0. The van der Waals surface area contributed by atoms with E-state index >= 15 is 0 Å². The largest absolute Gasteiger partial charge is 0.391 e. The molecule has 1 fully saturated rings. The molecule has 0 heterocycles. The summed E-state index contributed by atoms with van der Waals surface area (Å²) in [5.74, 6) is -0.130. The van der Waals surface area contributed by atoms with E-state index in [1.54, 1.807) is 11.9 Å². The number of nitrogens with zero attached hydrogens (tertiary/aromatic N) is 1. The molecule has 0 bridgehead atoms. The van der Waals surface area contributed by atoms with Crippen LogP contribution in [-0.2, 0) is 4.79 Å². The van der Waals surface area contributed by atoms with Crippen molar-refractivity contribution in [2.75, 3.05) is 13.7 Å². The molecule has 1 aliphatic carbocycles. The highest BCUT2D eigenvalue weighted by molar-refractivity contribution is 5.93. The lowest BCUT2D eigenvalue weighted by Gasteiger charge is -2.16. The number of rotatable bonds is 3. The fourth-order valence-corrected chi connectivity index (χ4v) is 0.945. The average Bonchev–Trinajstić information content (AvgIpc) is 2.82. The highest BCUT2D eigenvalue weighted by Crippen LogP contribution is 2.26. The van der Waals surface area contributed by atoms with Gasteiger partial charge in [0, 0.05) is 18.7 Å². The van der Waals surface area contributed by atoms with Crippen LogP contribution in [0.5, 0.6) is 0 Å². The first-order valence-corrected chi connectivity index (χ1v) is 3.72. The van der Waals surface area contributed by atoms with E-state index in [0.717, 1.165) is 12.8 Å². The zero-order valence-electron chi connectivity index (χ0n) is 6.71. The molecule has 0 unspecified atom stereocenters. The summed E-state index contributed by atoms with van der Waals surface area (Å²) in [5.41, 5.74) is 0.277. The Balaban J connectivity index is 2.45. The minimum atomic E-state index is -0.240. The third-order valence-corrected chi connectivity index (χ3v) is 1.91. The standard InChI is InChI=1S/C8H13NO2/c1-6(5-10)8(11)9(2)7-3-4-7/h7,10H,1,3-5H2,2H3. The molecule has 1 saturated carbocycles. The average molecular weight is 155 g/mol. The molecule has 1 rings (SSSR count). The van der Waals surface area contributed by atoms with Crippen LogP contribution in [0.3, 0.4) is 0 Å². The van der Waals surface area contributed by atoms with Crippen molar-refractivity contribution in [1.29, 1.82) is 0 Å². The van der Waals surface area contributed by atoms with E-state index in [9.17, 15) is 4.79 Å². The molecule has 0 aromatic heterocycles. The van der Waals surface area contributed by atoms with Gasteiger partial charge in [0.15, 0.2) is 0 Å². The van der Waals surface area contributed by atoms with E-state index in [1.165, 1.54) is 0 Å². The van der Waals surface area contributed by atoms with Gasteiger partial charge in [0.05, 0.1) is 6.61 Å². The van der Waals surface area contributed by atoms with Gasteiger partial charge in [0.1, 0.15) is 0 Å². The van der Waals surface area contributed by atoms with Crippen LogP contribution in [0.1, 0.15) is 12.8 Å². The van der Waals surface area contributed by atoms with Crippen molar-refractivity contribution >= 4 is 5.91 Å². The molecule has 0 atom stereocenters. The molecule has 3 heteroatoms. The summed E-state index contributed by atoms with van der Waals surface area (Å²) in [6.45, 7) is 3.22. The van der Waals surface area contributed by atoms with Crippen molar-refractivity contribution in [3.63, 3.8) is 0 Å². The van der Waals surface area contributed by atoms with Gasteiger partial charge in [-0.25, -0.2) is 0 Å². The number of carbonyl (C=O) groups excluding carboxylic acids is 1. The smallest absolute Gasteiger partial charge is 0.251 e. The van der Waals surface area contributed by atoms with Crippen LogP contribution in [0.2, 0.25) is 0 Å². The normalized spacial score (nSPS) is 16.2. The van der Waals surface area contributed by atoms with Gasteiger partial charge in [-0.2, -0.15) is 0 Å². The predicted octanol–water partition coefficient (Wildman–Crippen LogP) is 0.156. The number of aliphatic hydroxyl groups is 1. The summed E-state index contributed by atoms with van der Waals surface area (Å²) in [6, 6.07) is 0.394. The zero-order valence-corrected chi connectivity index (χ0v) is 6.71. The van der Waals surface area contributed by atoms with Crippen LogP contribution < -0.4 is 0 Å². The molecular formula is C8H13NO2. The topological polar surface area (TPSA) is 40.5 Å². The Bertz CT molecular complexity index is 185. The highest BCUT2D eigenvalue weighted by atomic mass is 16.3. The first-order valence-electron chi connectivity index (χ1n) is 3.72. The molecule has 0 aliphatic heterocycles. The maximum atomic E-state index is 11.2. The first kappa shape index (κ1) is 8.27. The monoisotopic (exact) mass is 155 g/mol. The van der Waals surface area contributed by atoms with E-state index in [2.05, 4.69) is 6.58 Å². The van der Waals surface area contributed by atoms with E-state index in [0.29, 0.717) is 6.04 Å². The Morgan fingerprint density at radius 2 is 2.27 bits per heavy atom. The van der Waals surface area contributed by atoms with Gasteiger partial charge >= 0.3 is 0 Å². The predicted molar refractivity (Wildman–Crippen MR) is 42.0 cm³/mol. The molecule has 0 aromatic rings. The second kappa shape index (κ2) is 3.05. The van der Waals surface area contributed by atoms with Gasteiger partial charge in [-0.3, -0.25) is 4.79 Å². The zero-order chi connectivity index (χ0) is 8.43. The lowest BCUT2D eigenvalue weighted by molar-refractivity contribution is -0.126. The Morgan fingerprint density at radius 1 is 1.73 bits per heavy atom. The van der Waals surface area contributed by atoms with Gasteiger partial charge in [0.2, 0.25) is 0 Å². The molecule has 62 valence electrons. The molecular weight excluding hydrogens is 142 g/mol. The lowest BCUT2D eigenvalue weighted by atomic mass is 10.3. The number of likely N-dealkylation sites (N-methyl/N-ethyl adjacent to an activating group) is 1. The van der Waals surface area contributed by atoms with E-state index in [4.69, 9.17) is 5.11 Å². The van der Waals surface area contributed by atoms with E-state index in [-0.39, 0.29) is 18.1 Å². The van der Waals surface area contributed by atoms with Crippen molar-refractivity contribution in [3.05, 3.63) is 12.2 Å². The Kier molecular flexibility index (Phi) is 2.29. The number of carbonyl (C=O) groups is 1. The second-order valence-corrected chi connectivity index (χ2v) is 2.91. The Labute approximate surface area is 66.3 Å². The molecule has 0 spiro atoms.